The molecule has 102 valence electrons. The van der Waals surface area contributed by atoms with Crippen molar-refractivity contribution < 1.29 is 24.3 Å². The zero-order valence-corrected chi connectivity index (χ0v) is 11.6. The fourth-order valence-corrected chi connectivity index (χ4v) is 1.58. The third-order valence-corrected chi connectivity index (χ3v) is 2.47. The fraction of sp³-hybridized carbons (Fsp3) is 0.167. The Morgan fingerprint density at radius 3 is 2.84 bits per heavy atom. The summed E-state index contributed by atoms with van der Waals surface area (Å²) in [4.78, 5) is 25.9. The van der Waals surface area contributed by atoms with Crippen LogP contribution in [0, 0.1) is 0 Å². The van der Waals surface area contributed by atoms with E-state index in [2.05, 4.69) is 20.8 Å². The molecule has 19 heavy (non-hydrogen) atoms. The molecule has 0 aliphatic heterocycles. The number of benzene rings is 1. The number of methoxy groups -OCH3 is 1. The van der Waals surface area contributed by atoms with E-state index in [9.17, 15) is 9.59 Å². The lowest BCUT2D eigenvalue weighted by Crippen LogP contribution is -2.24. The van der Waals surface area contributed by atoms with Crippen molar-refractivity contribution in [1.82, 2.24) is 5.48 Å². The topological polar surface area (TPSA) is 84.9 Å². The van der Waals surface area contributed by atoms with E-state index in [1.807, 2.05) is 11.5 Å². The highest BCUT2D eigenvalue weighted by atomic mass is 79.9. The van der Waals surface area contributed by atoms with Crippen LogP contribution in [0.3, 0.4) is 0 Å². The van der Waals surface area contributed by atoms with Gasteiger partial charge in [-0.3, -0.25) is 9.63 Å². The predicted octanol–water partition coefficient (Wildman–Crippen LogP) is 1.60. The van der Waals surface area contributed by atoms with Crippen LogP contribution in [-0.4, -0.2) is 30.7 Å². The number of amides is 1. The molecule has 0 radical (unpaired) electrons. The van der Waals surface area contributed by atoms with Crippen molar-refractivity contribution in [1.29, 1.82) is 0 Å². The molecular formula is C12H12BrNO5. The number of aliphatic carboxylic acids is 1. The van der Waals surface area contributed by atoms with Gasteiger partial charge in [0.25, 0.3) is 5.91 Å². The molecule has 0 fully saturated rings. The van der Waals surface area contributed by atoms with E-state index in [0.29, 0.717) is 11.3 Å². The second-order valence-electron chi connectivity index (χ2n) is 3.37. The van der Waals surface area contributed by atoms with Crippen LogP contribution in [0.5, 0.6) is 5.75 Å². The predicted molar refractivity (Wildman–Crippen MR) is 71.5 cm³/mol. The highest BCUT2D eigenvalue weighted by Gasteiger charge is 2.02. The van der Waals surface area contributed by atoms with E-state index in [-0.39, 0.29) is 0 Å². The number of hydrogen-bond acceptors (Lipinski definition) is 4. The SMILES string of the molecule is COc1ccc(Br)cc1/C=C/C(=O)NOCC(=O)O. The van der Waals surface area contributed by atoms with Crippen molar-refractivity contribution in [3.63, 3.8) is 0 Å². The van der Waals surface area contributed by atoms with Crippen LogP contribution in [-0.2, 0) is 14.4 Å². The smallest absolute Gasteiger partial charge is 0.332 e. The van der Waals surface area contributed by atoms with Crippen LogP contribution in [0.15, 0.2) is 28.7 Å². The molecule has 0 aliphatic rings. The number of nitrogens with one attached hydrogen (secondary N) is 1. The molecule has 1 rings (SSSR count). The first-order valence-corrected chi connectivity index (χ1v) is 5.97. The third kappa shape index (κ3) is 5.54. The Morgan fingerprint density at radius 1 is 1.47 bits per heavy atom. The van der Waals surface area contributed by atoms with E-state index in [1.54, 1.807) is 12.1 Å². The van der Waals surface area contributed by atoms with Crippen LogP contribution in [0.25, 0.3) is 6.08 Å². The molecule has 1 aromatic carbocycles. The summed E-state index contributed by atoms with van der Waals surface area (Å²) in [5.41, 5.74) is 2.68. The molecule has 1 amide bonds. The highest BCUT2D eigenvalue weighted by molar-refractivity contribution is 9.10. The van der Waals surface area contributed by atoms with Crippen LogP contribution < -0.4 is 10.2 Å². The average molecular weight is 330 g/mol. The van der Waals surface area contributed by atoms with Crippen molar-refractivity contribution in [3.05, 3.63) is 34.3 Å². The zero-order valence-electron chi connectivity index (χ0n) is 10.1. The van der Waals surface area contributed by atoms with Gasteiger partial charge in [0.2, 0.25) is 0 Å². The maximum absolute atomic E-state index is 11.3. The number of rotatable bonds is 6. The van der Waals surface area contributed by atoms with E-state index in [0.717, 1.165) is 4.47 Å². The van der Waals surface area contributed by atoms with Crippen LogP contribution in [0.4, 0.5) is 0 Å². The van der Waals surface area contributed by atoms with Gasteiger partial charge in [-0.15, -0.1) is 0 Å². The molecule has 0 bridgehead atoms. The van der Waals surface area contributed by atoms with E-state index >= 15 is 0 Å². The molecular weight excluding hydrogens is 318 g/mol. The average Bonchev–Trinajstić information content (AvgIpc) is 2.36. The minimum Gasteiger partial charge on any atom is -0.496 e. The summed E-state index contributed by atoms with van der Waals surface area (Å²) in [5, 5.41) is 8.32. The Labute approximate surface area is 118 Å². The Hall–Kier alpha value is -1.86. The monoisotopic (exact) mass is 329 g/mol. The first-order chi connectivity index (χ1) is 9.02. The largest absolute Gasteiger partial charge is 0.496 e. The number of ether oxygens (including phenoxy) is 1. The van der Waals surface area contributed by atoms with E-state index in [4.69, 9.17) is 9.84 Å². The molecule has 0 aromatic heterocycles. The number of carbonyl (C=O) groups is 2. The Morgan fingerprint density at radius 2 is 2.21 bits per heavy atom. The highest BCUT2D eigenvalue weighted by Crippen LogP contribution is 2.23. The lowest BCUT2D eigenvalue weighted by molar-refractivity contribution is -0.147. The second kappa shape index (κ2) is 7.55. The molecule has 0 atom stereocenters. The Bertz CT molecular complexity index is 501. The zero-order chi connectivity index (χ0) is 14.3. The summed E-state index contributed by atoms with van der Waals surface area (Å²) in [6.45, 7) is -0.597. The van der Waals surface area contributed by atoms with Gasteiger partial charge >= 0.3 is 5.97 Å². The summed E-state index contributed by atoms with van der Waals surface area (Å²) < 4.78 is 5.98. The summed E-state index contributed by atoms with van der Waals surface area (Å²) in [6, 6.07) is 5.34. The molecule has 0 heterocycles. The minimum absolute atomic E-state index is 0.566. The number of hydroxylamine groups is 1. The van der Waals surface area contributed by atoms with Gasteiger partial charge in [0, 0.05) is 16.1 Å². The Balaban J connectivity index is 2.62. The van der Waals surface area contributed by atoms with Gasteiger partial charge in [0.1, 0.15) is 5.75 Å². The van der Waals surface area contributed by atoms with Gasteiger partial charge in [-0.2, -0.15) is 0 Å². The van der Waals surface area contributed by atoms with E-state index in [1.165, 1.54) is 19.3 Å². The normalized spacial score (nSPS) is 10.4. The van der Waals surface area contributed by atoms with Crippen molar-refractivity contribution in [2.45, 2.75) is 0 Å². The van der Waals surface area contributed by atoms with Crippen molar-refractivity contribution in [2.75, 3.05) is 13.7 Å². The minimum atomic E-state index is -1.17. The molecule has 0 spiro atoms. The van der Waals surface area contributed by atoms with Crippen LogP contribution >= 0.6 is 15.9 Å². The summed E-state index contributed by atoms with van der Waals surface area (Å²) in [6.07, 6.45) is 2.75. The van der Waals surface area contributed by atoms with Crippen molar-refractivity contribution >= 4 is 33.9 Å². The van der Waals surface area contributed by atoms with Gasteiger partial charge < -0.3 is 9.84 Å². The number of carboxylic acids is 1. The van der Waals surface area contributed by atoms with Crippen LogP contribution in [0.2, 0.25) is 0 Å². The van der Waals surface area contributed by atoms with Gasteiger partial charge in [0.05, 0.1) is 7.11 Å². The van der Waals surface area contributed by atoms with Gasteiger partial charge in [0.15, 0.2) is 6.61 Å². The molecule has 0 saturated heterocycles. The Kier molecular flexibility index (Phi) is 6.04. The number of hydrogen-bond donors (Lipinski definition) is 2. The summed E-state index contributed by atoms with van der Waals surface area (Å²) in [5.74, 6) is -1.13. The second-order valence-corrected chi connectivity index (χ2v) is 4.28. The molecule has 7 heteroatoms. The van der Waals surface area contributed by atoms with Gasteiger partial charge in [-0.1, -0.05) is 15.9 Å². The van der Waals surface area contributed by atoms with Gasteiger partial charge in [-0.05, 0) is 24.3 Å². The molecule has 1 aromatic rings. The fourth-order valence-electron chi connectivity index (χ4n) is 1.20. The number of carbonyl (C=O) groups excluding carboxylic acids is 1. The van der Waals surface area contributed by atoms with E-state index < -0.39 is 18.5 Å². The van der Waals surface area contributed by atoms with Crippen molar-refractivity contribution in [3.8, 4) is 5.75 Å². The standard InChI is InChI=1S/C12H12BrNO5/c1-18-10-4-3-9(13)6-8(10)2-5-11(15)14-19-7-12(16)17/h2-6H,7H2,1H3,(H,14,15)(H,16,17)/b5-2+. The lowest BCUT2D eigenvalue weighted by Gasteiger charge is -2.05. The van der Waals surface area contributed by atoms with Gasteiger partial charge in [-0.25, -0.2) is 10.3 Å². The first-order valence-electron chi connectivity index (χ1n) is 5.18. The number of halogens is 1. The molecule has 6 nitrogen and oxygen atoms in total. The van der Waals surface area contributed by atoms with Crippen molar-refractivity contribution in [2.24, 2.45) is 0 Å². The molecule has 0 unspecified atom stereocenters. The third-order valence-electron chi connectivity index (χ3n) is 1.97. The molecule has 0 saturated carbocycles. The first kappa shape index (κ1) is 15.2. The molecule has 2 N–H and O–H groups in total. The van der Waals surface area contributed by atoms with Crippen LogP contribution in [0.1, 0.15) is 5.56 Å². The maximum Gasteiger partial charge on any atom is 0.332 e. The molecule has 0 aliphatic carbocycles. The summed E-state index contributed by atoms with van der Waals surface area (Å²) >= 11 is 3.31. The maximum atomic E-state index is 11.3. The lowest BCUT2D eigenvalue weighted by atomic mass is 10.2. The number of carboxylic acid groups (broad SMARTS) is 1. The quantitative estimate of drug-likeness (QED) is 0.611. The summed E-state index contributed by atoms with van der Waals surface area (Å²) in [7, 11) is 1.52.